The summed E-state index contributed by atoms with van der Waals surface area (Å²) in [5.41, 5.74) is 1.03. The Bertz CT molecular complexity index is 365. The van der Waals surface area contributed by atoms with Crippen molar-refractivity contribution in [3.05, 3.63) is 29.8 Å². The summed E-state index contributed by atoms with van der Waals surface area (Å²) in [5, 5.41) is 4.17. The molecule has 0 aliphatic carbocycles. The highest BCUT2D eigenvalue weighted by Gasteiger charge is 2.25. The maximum absolute atomic E-state index is 11.9. The second-order valence-corrected chi connectivity index (χ2v) is 10.6. The highest BCUT2D eigenvalue weighted by molar-refractivity contribution is 6.88. The number of halogens is 3. The first-order chi connectivity index (χ1) is 8.18. The minimum absolute atomic E-state index is 0.0285. The van der Waals surface area contributed by atoms with E-state index in [9.17, 15) is 13.2 Å². The van der Waals surface area contributed by atoms with Crippen LogP contribution in [0.5, 0.6) is 0 Å². The van der Waals surface area contributed by atoms with Gasteiger partial charge in [0.1, 0.15) is 0 Å². The fourth-order valence-corrected chi connectivity index (χ4v) is 2.75. The molecule has 0 saturated carbocycles. The smallest absolute Gasteiger partial charge is 0.312 e. The third-order valence-corrected chi connectivity index (χ3v) is 4.80. The predicted molar refractivity (Wildman–Crippen MR) is 71.8 cm³/mol. The monoisotopic (exact) mass is 275 g/mol. The van der Waals surface area contributed by atoms with Crippen LogP contribution in [0.2, 0.25) is 19.6 Å². The Balaban J connectivity index is 2.41. The van der Waals surface area contributed by atoms with E-state index in [2.05, 4.69) is 37.1 Å². The van der Waals surface area contributed by atoms with Crippen molar-refractivity contribution >= 4 is 13.3 Å². The largest absolute Gasteiger partial charge is 0.390 e. The molecule has 0 aliphatic rings. The molecule has 0 aromatic heterocycles. The van der Waals surface area contributed by atoms with Gasteiger partial charge in [-0.3, -0.25) is 0 Å². The van der Waals surface area contributed by atoms with Gasteiger partial charge in [0.15, 0.2) is 0 Å². The van der Waals surface area contributed by atoms with Gasteiger partial charge < -0.3 is 5.32 Å². The lowest BCUT2D eigenvalue weighted by Crippen LogP contribution is -2.37. The zero-order valence-electron chi connectivity index (χ0n) is 11.1. The topological polar surface area (TPSA) is 12.0 Å². The molecule has 18 heavy (non-hydrogen) atoms. The van der Waals surface area contributed by atoms with E-state index in [0.29, 0.717) is 6.54 Å². The Morgan fingerprint density at radius 3 is 2.06 bits per heavy atom. The van der Waals surface area contributed by atoms with Gasteiger partial charge in [0, 0.05) is 13.1 Å². The Morgan fingerprint density at radius 2 is 1.61 bits per heavy atom. The minimum Gasteiger partial charge on any atom is -0.312 e. The molecule has 1 rings (SSSR count). The van der Waals surface area contributed by atoms with Gasteiger partial charge in [0.25, 0.3) is 0 Å². The van der Waals surface area contributed by atoms with Gasteiger partial charge in [0.05, 0.1) is 14.5 Å². The quantitative estimate of drug-likeness (QED) is 0.642. The third-order valence-electron chi connectivity index (χ3n) is 2.73. The van der Waals surface area contributed by atoms with E-state index in [1.807, 2.05) is 12.1 Å². The van der Waals surface area contributed by atoms with Crippen LogP contribution in [-0.2, 0) is 6.54 Å². The highest BCUT2D eigenvalue weighted by Crippen LogP contribution is 2.18. The number of hydrogen-bond acceptors (Lipinski definition) is 1. The summed E-state index contributed by atoms with van der Waals surface area (Å²) in [7, 11) is -1.29. The second-order valence-electron chi connectivity index (χ2n) is 5.49. The molecule has 0 saturated heterocycles. The molecule has 0 heterocycles. The molecule has 0 atom stereocenters. The number of rotatable bonds is 5. The van der Waals surface area contributed by atoms with Gasteiger partial charge in [-0.1, -0.05) is 49.1 Å². The van der Waals surface area contributed by atoms with Crippen molar-refractivity contribution in [3.8, 4) is 0 Å². The average Bonchev–Trinajstić information content (AvgIpc) is 2.22. The lowest BCUT2D eigenvalue weighted by atomic mass is 10.2. The summed E-state index contributed by atoms with van der Waals surface area (Å²) >= 11 is 0. The molecule has 102 valence electrons. The fraction of sp³-hybridized carbons (Fsp3) is 0.538. The van der Waals surface area contributed by atoms with Crippen LogP contribution in [0.25, 0.3) is 0 Å². The van der Waals surface area contributed by atoms with Gasteiger partial charge in [-0.25, -0.2) is 0 Å². The van der Waals surface area contributed by atoms with Crippen molar-refractivity contribution in [1.82, 2.24) is 5.32 Å². The zero-order valence-corrected chi connectivity index (χ0v) is 12.1. The lowest BCUT2D eigenvalue weighted by molar-refractivity contribution is -0.133. The predicted octanol–water partition coefficient (Wildman–Crippen LogP) is 3.27. The van der Waals surface area contributed by atoms with Crippen LogP contribution in [0.1, 0.15) is 12.0 Å². The Labute approximate surface area is 107 Å². The maximum atomic E-state index is 11.9. The molecule has 0 spiro atoms. The van der Waals surface area contributed by atoms with Crippen molar-refractivity contribution in [2.24, 2.45) is 0 Å². The van der Waals surface area contributed by atoms with Crippen molar-refractivity contribution in [2.45, 2.75) is 38.8 Å². The van der Waals surface area contributed by atoms with Gasteiger partial charge in [0.2, 0.25) is 0 Å². The zero-order chi connectivity index (χ0) is 13.8. The Hall–Kier alpha value is -0.813. The van der Waals surface area contributed by atoms with Crippen LogP contribution in [0.4, 0.5) is 13.2 Å². The van der Waals surface area contributed by atoms with Crippen LogP contribution in [0.15, 0.2) is 24.3 Å². The van der Waals surface area contributed by atoms with Crippen molar-refractivity contribution in [3.63, 3.8) is 0 Å². The molecule has 0 aliphatic heterocycles. The highest BCUT2D eigenvalue weighted by atomic mass is 28.3. The molecular formula is C13H20F3NSi. The first kappa shape index (κ1) is 15.2. The second kappa shape index (κ2) is 5.89. The summed E-state index contributed by atoms with van der Waals surface area (Å²) in [5.74, 6) is 0. The van der Waals surface area contributed by atoms with Crippen LogP contribution >= 0.6 is 0 Å². The molecular weight excluding hydrogens is 255 g/mol. The molecule has 1 aromatic rings. The van der Waals surface area contributed by atoms with Gasteiger partial charge in [-0.2, -0.15) is 13.2 Å². The molecule has 1 N–H and O–H groups in total. The minimum atomic E-state index is -4.07. The first-order valence-corrected chi connectivity index (χ1v) is 9.55. The standard InChI is InChI=1S/C13H20F3NSi/c1-18(2,3)12-6-4-11(5-7-12)10-17-9-8-13(14,15)16/h4-7,17H,8-10H2,1-3H3. The molecule has 0 fully saturated rings. The number of hydrogen-bond donors (Lipinski definition) is 1. The summed E-state index contributed by atoms with van der Waals surface area (Å²) in [6.45, 7) is 7.26. The molecule has 1 nitrogen and oxygen atoms in total. The number of alkyl halides is 3. The Morgan fingerprint density at radius 1 is 1.06 bits per heavy atom. The lowest BCUT2D eigenvalue weighted by Gasteiger charge is -2.16. The van der Waals surface area contributed by atoms with Crippen LogP contribution in [-0.4, -0.2) is 20.8 Å². The summed E-state index contributed by atoms with van der Waals surface area (Å²) in [6, 6.07) is 8.17. The van der Waals surface area contributed by atoms with Gasteiger partial charge >= 0.3 is 6.18 Å². The fourth-order valence-electron chi connectivity index (χ4n) is 1.59. The van der Waals surface area contributed by atoms with E-state index in [1.165, 1.54) is 5.19 Å². The summed E-state index contributed by atoms with van der Waals surface area (Å²) in [6.07, 6.45) is -4.85. The van der Waals surface area contributed by atoms with Crippen molar-refractivity contribution in [2.75, 3.05) is 6.54 Å². The van der Waals surface area contributed by atoms with E-state index in [1.54, 1.807) is 0 Å². The molecule has 0 amide bonds. The molecule has 1 aromatic carbocycles. The average molecular weight is 275 g/mol. The van der Waals surface area contributed by atoms with E-state index >= 15 is 0 Å². The molecule has 0 bridgehead atoms. The van der Waals surface area contributed by atoms with Crippen LogP contribution < -0.4 is 10.5 Å². The van der Waals surface area contributed by atoms with Crippen molar-refractivity contribution in [1.29, 1.82) is 0 Å². The normalized spacial score (nSPS) is 12.8. The summed E-state index contributed by atoms with van der Waals surface area (Å²) in [4.78, 5) is 0. The molecule has 0 unspecified atom stereocenters. The van der Waals surface area contributed by atoms with Crippen molar-refractivity contribution < 1.29 is 13.2 Å². The van der Waals surface area contributed by atoms with Gasteiger partial charge in [-0.05, 0) is 5.56 Å². The SMILES string of the molecule is C[Si](C)(C)c1ccc(CNCCC(F)(F)F)cc1. The number of nitrogens with one attached hydrogen (secondary N) is 1. The van der Waals surface area contributed by atoms with E-state index in [-0.39, 0.29) is 6.54 Å². The number of benzene rings is 1. The van der Waals surface area contributed by atoms with E-state index in [4.69, 9.17) is 0 Å². The van der Waals surface area contributed by atoms with Gasteiger partial charge in [-0.15, -0.1) is 0 Å². The van der Waals surface area contributed by atoms with Crippen LogP contribution in [0.3, 0.4) is 0 Å². The third kappa shape index (κ3) is 5.69. The molecule has 5 heteroatoms. The molecule has 0 radical (unpaired) electrons. The maximum Gasteiger partial charge on any atom is 0.390 e. The first-order valence-electron chi connectivity index (χ1n) is 6.05. The van der Waals surface area contributed by atoms with E-state index < -0.39 is 20.7 Å². The Kier molecular flexibility index (Phi) is 4.98. The van der Waals surface area contributed by atoms with Crippen LogP contribution in [0, 0.1) is 0 Å². The summed E-state index contributed by atoms with van der Waals surface area (Å²) < 4.78 is 35.8. The van der Waals surface area contributed by atoms with E-state index in [0.717, 1.165) is 5.56 Å².